The highest BCUT2D eigenvalue weighted by Gasteiger charge is 2.30. The van der Waals surface area contributed by atoms with Crippen LogP contribution in [0, 0.1) is 5.92 Å². The first-order valence-corrected chi connectivity index (χ1v) is 7.26. The van der Waals surface area contributed by atoms with Gasteiger partial charge in [0.05, 0.1) is 0 Å². The first-order valence-electron chi connectivity index (χ1n) is 7.26. The van der Waals surface area contributed by atoms with Gasteiger partial charge in [0.1, 0.15) is 5.75 Å². The van der Waals surface area contributed by atoms with E-state index in [2.05, 4.69) is 48.6 Å². The Morgan fingerprint density at radius 1 is 1.14 bits per heavy atom. The molecule has 0 aliphatic heterocycles. The minimum atomic E-state index is -0.442. The second kappa shape index (κ2) is 5.60. The van der Waals surface area contributed by atoms with Crippen LogP contribution in [0.2, 0.25) is 0 Å². The summed E-state index contributed by atoms with van der Waals surface area (Å²) >= 11 is 0. The fraction of sp³-hybridized carbons (Fsp3) is 0.278. The molecule has 0 saturated carbocycles. The van der Waals surface area contributed by atoms with Crippen molar-refractivity contribution in [2.75, 3.05) is 7.05 Å². The van der Waals surface area contributed by atoms with Gasteiger partial charge in [0.25, 0.3) is 0 Å². The molecule has 1 aliphatic carbocycles. The van der Waals surface area contributed by atoms with E-state index in [1.807, 2.05) is 12.1 Å². The van der Waals surface area contributed by atoms with Crippen molar-refractivity contribution in [3.8, 4) is 5.75 Å². The smallest absolute Gasteiger partial charge is 0.410 e. The van der Waals surface area contributed by atoms with E-state index in [1.165, 1.54) is 16.7 Å². The van der Waals surface area contributed by atoms with Crippen LogP contribution in [0.25, 0.3) is 0 Å². The summed E-state index contributed by atoms with van der Waals surface area (Å²) < 4.78 is 5.13. The van der Waals surface area contributed by atoms with Crippen molar-refractivity contribution in [3.63, 3.8) is 0 Å². The maximum atomic E-state index is 11.2. The SMILES string of the molecule is CNC(=O)Oc1ccc([C@H]2c3ccccc3C[C@@H]2C)cc1. The molecular formula is C18H19NO2. The molecule has 21 heavy (non-hydrogen) atoms. The van der Waals surface area contributed by atoms with Crippen LogP contribution in [0.3, 0.4) is 0 Å². The first-order chi connectivity index (χ1) is 10.2. The van der Waals surface area contributed by atoms with E-state index in [1.54, 1.807) is 7.05 Å². The van der Waals surface area contributed by atoms with E-state index in [9.17, 15) is 4.79 Å². The van der Waals surface area contributed by atoms with Crippen molar-refractivity contribution in [2.45, 2.75) is 19.3 Å². The second-order valence-corrected chi connectivity index (χ2v) is 5.57. The van der Waals surface area contributed by atoms with Crippen molar-refractivity contribution >= 4 is 6.09 Å². The van der Waals surface area contributed by atoms with Crippen molar-refractivity contribution in [2.24, 2.45) is 5.92 Å². The van der Waals surface area contributed by atoms with Crippen LogP contribution in [0.15, 0.2) is 48.5 Å². The molecule has 0 bridgehead atoms. The summed E-state index contributed by atoms with van der Waals surface area (Å²) in [6, 6.07) is 16.5. The van der Waals surface area contributed by atoms with E-state index in [-0.39, 0.29) is 0 Å². The van der Waals surface area contributed by atoms with Gasteiger partial charge in [-0.2, -0.15) is 0 Å². The fourth-order valence-electron chi connectivity index (χ4n) is 3.20. The Morgan fingerprint density at radius 2 is 1.86 bits per heavy atom. The number of rotatable bonds is 2. The molecule has 1 amide bonds. The van der Waals surface area contributed by atoms with Crippen LogP contribution in [-0.4, -0.2) is 13.1 Å². The van der Waals surface area contributed by atoms with Crippen LogP contribution in [0.1, 0.15) is 29.5 Å². The van der Waals surface area contributed by atoms with Crippen LogP contribution in [0.4, 0.5) is 4.79 Å². The number of nitrogens with one attached hydrogen (secondary N) is 1. The standard InChI is InChI=1S/C18H19NO2/c1-12-11-14-5-3-4-6-16(14)17(12)13-7-9-15(10-8-13)21-18(20)19-2/h3-10,12,17H,11H2,1-2H3,(H,19,20)/t12-,17-/m0/s1. The highest BCUT2D eigenvalue weighted by molar-refractivity contribution is 5.69. The molecular weight excluding hydrogens is 262 g/mol. The Balaban J connectivity index is 1.86. The molecule has 0 fully saturated rings. The van der Waals surface area contributed by atoms with Crippen molar-refractivity contribution in [1.82, 2.24) is 5.32 Å². The number of carbonyl (C=O) groups is 1. The Kier molecular flexibility index (Phi) is 3.65. The number of benzene rings is 2. The maximum absolute atomic E-state index is 11.2. The molecule has 3 rings (SSSR count). The predicted molar refractivity (Wildman–Crippen MR) is 82.7 cm³/mol. The van der Waals surface area contributed by atoms with Crippen LogP contribution < -0.4 is 10.1 Å². The number of ether oxygens (including phenoxy) is 1. The number of carbonyl (C=O) groups excluding carboxylic acids is 1. The van der Waals surface area contributed by atoms with Crippen LogP contribution in [-0.2, 0) is 6.42 Å². The van der Waals surface area contributed by atoms with Crippen molar-refractivity contribution in [3.05, 3.63) is 65.2 Å². The zero-order valence-corrected chi connectivity index (χ0v) is 12.3. The minimum Gasteiger partial charge on any atom is -0.410 e. The van der Waals surface area contributed by atoms with E-state index in [0.29, 0.717) is 17.6 Å². The molecule has 0 heterocycles. The fourth-order valence-corrected chi connectivity index (χ4v) is 3.20. The molecule has 0 aromatic heterocycles. The van der Waals surface area contributed by atoms with E-state index in [0.717, 1.165) is 6.42 Å². The molecule has 1 aliphatic rings. The first kappa shape index (κ1) is 13.7. The average Bonchev–Trinajstić information content (AvgIpc) is 2.84. The van der Waals surface area contributed by atoms with Gasteiger partial charge in [-0.25, -0.2) is 4.79 Å². The average molecular weight is 281 g/mol. The van der Waals surface area contributed by atoms with Gasteiger partial charge in [0.2, 0.25) is 0 Å². The third kappa shape index (κ3) is 2.64. The molecule has 0 spiro atoms. The van der Waals surface area contributed by atoms with Gasteiger partial charge < -0.3 is 10.1 Å². The van der Waals surface area contributed by atoms with Gasteiger partial charge in [-0.05, 0) is 41.2 Å². The molecule has 0 saturated heterocycles. The summed E-state index contributed by atoms with van der Waals surface area (Å²) in [6.45, 7) is 2.29. The lowest BCUT2D eigenvalue weighted by molar-refractivity contribution is 0.203. The van der Waals surface area contributed by atoms with Gasteiger partial charge in [0, 0.05) is 13.0 Å². The molecule has 1 N–H and O–H groups in total. The molecule has 2 aromatic carbocycles. The van der Waals surface area contributed by atoms with Crippen molar-refractivity contribution in [1.29, 1.82) is 0 Å². The lowest BCUT2D eigenvalue weighted by atomic mass is 9.87. The lowest BCUT2D eigenvalue weighted by Gasteiger charge is -2.17. The Hall–Kier alpha value is -2.29. The lowest BCUT2D eigenvalue weighted by Crippen LogP contribution is -2.22. The largest absolute Gasteiger partial charge is 0.412 e. The highest BCUT2D eigenvalue weighted by atomic mass is 16.5. The van der Waals surface area contributed by atoms with Crippen LogP contribution in [0.5, 0.6) is 5.75 Å². The topological polar surface area (TPSA) is 38.3 Å². The van der Waals surface area contributed by atoms with Gasteiger partial charge in [-0.1, -0.05) is 43.3 Å². The molecule has 2 aromatic rings. The van der Waals surface area contributed by atoms with E-state index >= 15 is 0 Å². The number of amides is 1. The van der Waals surface area contributed by atoms with Gasteiger partial charge in [-0.3, -0.25) is 0 Å². The predicted octanol–water partition coefficient (Wildman–Crippen LogP) is 3.73. The zero-order valence-electron chi connectivity index (χ0n) is 12.3. The summed E-state index contributed by atoms with van der Waals surface area (Å²) in [5.74, 6) is 1.58. The molecule has 108 valence electrons. The number of hydrogen-bond donors (Lipinski definition) is 1. The van der Waals surface area contributed by atoms with Gasteiger partial charge in [-0.15, -0.1) is 0 Å². The Labute approximate surface area is 124 Å². The quantitative estimate of drug-likeness (QED) is 0.911. The molecule has 3 nitrogen and oxygen atoms in total. The Bertz CT molecular complexity index is 649. The highest BCUT2D eigenvalue weighted by Crippen LogP contribution is 2.42. The summed E-state index contributed by atoms with van der Waals surface area (Å²) in [7, 11) is 1.55. The van der Waals surface area contributed by atoms with Gasteiger partial charge >= 0.3 is 6.09 Å². The molecule has 0 radical (unpaired) electrons. The van der Waals surface area contributed by atoms with Crippen LogP contribution >= 0.6 is 0 Å². The zero-order chi connectivity index (χ0) is 14.8. The second-order valence-electron chi connectivity index (χ2n) is 5.57. The molecule has 2 atom stereocenters. The summed E-state index contributed by atoms with van der Waals surface area (Å²) in [4.78, 5) is 11.2. The number of fused-ring (bicyclic) bond motifs is 1. The van der Waals surface area contributed by atoms with Crippen molar-refractivity contribution < 1.29 is 9.53 Å². The normalized spacial score (nSPS) is 19.9. The monoisotopic (exact) mass is 281 g/mol. The summed E-state index contributed by atoms with van der Waals surface area (Å²) in [5, 5.41) is 2.44. The van der Waals surface area contributed by atoms with E-state index in [4.69, 9.17) is 4.74 Å². The number of hydrogen-bond acceptors (Lipinski definition) is 2. The van der Waals surface area contributed by atoms with E-state index < -0.39 is 6.09 Å². The third-order valence-electron chi connectivity index (χ3n) is 4.15. The minimum absolute atomic E-state index is 0.426. The summed E-state index contributed by atoms with van der Waals surface area (Å²) in [6.07, 6.45) is 0.680. The maximum Gasteiger partial charge on any atom is 0.412 e. The molecule has 0 unspecified atom stereocenters. The Morgan fingerprint density at radius 3 is 2.57 bits per heavy atom. The molecule has 3 heteroatoms. The van der Waals surface area contributed by atoms with Gasteiger partial charge in [0.15, 0.2) is 0 Å². The third-order valence-corrected chi connectivity index (χ3v) is 4.15. The summed E-state index contributed by atoms with van der Waals surface area (Å²) in [5.41, 5.74) is 4.14.